The molecule has 3 N–H and O–H groups in total. The molecule has 5 heteroatoms. The Bertz CT molecular complexity index is 419. The number of hydrogen-bond acceptors (Lipinski definition) is 4. The van der Waals surface area contributed by atoms with E-state index in [2.05, 4.69) is 10.3 Å². The molecule has 0 saturated heterocycles. The monoisotopic (exact) mass is 237 g/mol. The smallest absolute Gasteiger partial charge is 0.289 e. The first-order valence-corrected chi connectivity index (χ1v) is 6.03. The molecule has 1 saturated carbocycles. The summed E-state index contributed by atoms with van der Waals surface area (Å²) in [6.45, 7) is 3.98. The first kappa shape index (κ1) is 12.1. The summed E-state index contributed by atoms with van der Waals surface area (Å²) in [6, 6.07) is 0. The Balaban J connectivity index is 2.13. The van der Waals surface area contributed by atoms with E-state index < -0.39 is 0 Å². The molecule has 0 aromatic carbocycles. The lowest BCUT2D eigenvalue weighted by Crippen LogP contribution is -2.51. The lowest BCUT2D eigenvalue weighted by Gasteiger charge is -2.28. The summed E-state index contributed by atoms with van der Waals surface area (Å²) in [4.78, 5) is 16.2. The second-order valence-electron chi connectivity index (χ2n) is 4.79. The van der Waals surface area contributed by atoms with Crippen LogP contribution >= 0.6 is 0 Å². The molecular formula is C12H19N3O2. The molecule has 1 heterocycles. The van der Waals surface area contributed by atoms with Gasteiger partial charge in [-0.25, -0.2) is 4.98 Å². The minimum absolute atomic E-state index is 0.199. The molecule has 0 unspecified atom stereocenters. The molecule has 2 rings (SSSR count). The number of amides is 1. The van der Waals surface area contributed by atoms with Crippen LogP contribution in [-0.2, 0) is 0 Å². The second-order valence-corrected chi connectivity index (χ2v) is 4.79. The van der Waals surface area contributed by atoms with Gasteiger partial charge in [-0.1, -0.05) is 12.8 Å². The highest BCUT2D eigenvalue weighted by molar-refractivity contribution is 5.93. The van der Waals surface area contributed by atoms with Crippen LogP contribution in [0.5, 0.6) is 0 Å². The molecule has 94 valence electrons. The normalized spacial score (nSPS) is 18.3. The van der Waals surface area contributed by atoms with Crippen LogP contribution in [0, 0.1) is 13.8 Å². The lowest BCUT2D eigenvalue weighted by atomic mass is 9.97. The zero-order chi connectivity index (χ0) is 12.5. The van der Waals surface area contributed by atoms with Gasteiger partial charge in [-0.2, -0.15) is 0 Å². The molecule has 1 aliphatic rings. The minimum atomic E-state index is -0.246. The van der Waals surface area contributed by atoms with Crippen LogP contribution in [0.15, 0.2) is 4.42 Å². The minimum Gasteiger partial charge on any atom is -0.436 e. The Labute approximate surface area is 101 Å². The maximum Gasteiger partial charge on any atom is 0.289 e. The average Bonchev–Trinajstić information content (AvgIpc) is 2.86. The van der Waals surface area contributed by atoms with Crippen molar-refractivity contribution in [3.8, 4) is 0 Å². The van der Waals surface area contributed by atoms with Gasteiger partial charge in [-0.15, -0.1) is 0 Å². The van der Waals surface area contributed by atoms with E-state index in [1.807, 2.05) is 0 Å². The molecule has 1 amide bonds. The van der Waals surface area contributed by atoms with E-state index in [9.17, 15) is 4.79 Å². The molecule has 1 aromatic rings. The van der Waals surface area contributed by atoms with Crippen molar-refractivity contribution in [3.63, 3.8) is 0 Å². The number of carbonyl (C=O) groups is 1. The summed E-state index contributed by atoms with van der Waals surface area (Å²) in [5.74, 6) is 0.624. The topological polar surface area (TPSA) is 81.2 Å². The highest BCUT2D eigenvalue weighted by Crippen LogP contribution is 2.29. The Morgan fingerprint density at radius 1 is 1.47 bits per heavy atom. The Morgan fingerprint density at radius 2 is 2.12 bits per heavy atom. The molecule has 0 bridgehead atoms. The van der Waals surface area contributed by atoms with Gasteiger partial charge in [0.2, 0.25) is 5.76 Å². The van der Waals surface area contributed by atoms with Crippen LogP contribution in [0.4, 0.5) is 0 Å². The van der Waals surface area contributed by atoms with Gasteiger partial charge in [0, 0.05) is 13.5 Å². The quantitative estimate of drug-likeness (QED) is 0.830. The molecule has 17 heavy (non-hydrogen) atoms. The molecule has 0 radical (unpaired) electrons. The van der Waals surface area contributed by atoms with Crippen molar-refractivity contribution in [2.45, 2.75) is 45.1 Å². The average molecular weight is 237 g/mol. The number of nitrogens with two attached hydrogens (primary N) is 1. The lowest BCUT2D eigenvalue weighted by molar-refractivity contribution is 0.0872. The number of carbonyl (C=O) groups excluding carboxylic acids is 1. The van der Waals surface area contributed by atoms with Gasteiger partial charge >= 0.3 is 0 Å². The zero-order valence-electron chi connectivity index (χ0n) is 10.4. The SMILES string of the molecule is Cc1nc(C)c(C(=O)NC2(CN)CCCC2)o1. The Kier molecular flexibility index (Phi) is 3.19. The number of nitrogens with zero attached hydrogens (tertiary/aromatic N) is 1. The number of rotatable bonds is 3. The summed E-state index contributed by atoms with van der Waals surface area (Å²) in [6.07, 6.45) is 4.13. The van der Waals surface area contributed by atoms with Crippen molar-refractivity contribution in [3.05, 3.63) is 17.3 Å². The Hall–Kier alpha value is -1.36. The van der Waals surface area contributed by atoms with Crippen molar-refractivity contribution in [2.24, 2.45) is 5.73 Å². The molecule has 1 aliphatic carbocycles. The third-order valence-electron chi connectivity index (χ3n) is 3.44. The van der Waals surface area contributed by atoms with E-state index in [4.69, 9.17) is 10.2 Å². The van der Waals surface area contributed by atoms with E-state index in [1.54, 1.807) is 13.8 Å². The maximum atomic E-state index is 12.1. The largest absolute Gasteiger partial charge is 0.436 e. The van der Waals surface area contributed by atoms with Crippen molar-refractivity contribution >= 4 is 5.91 Å². The molecule has 1 aromatic heterocycles. The highest BCUT2D eigenvalue weighted by Gasteiger charge is 2.35. The van der Waals surface area contributed by atoms with Gasteiger partial charge in [-0.3, -0.25) is 4.79 Å². The van der Waals surface area contributed by atoms with E-state index >= 15 is 0 Å². The number of oxazole rings is 1. The highest BCUT2D eigenvalue weighted by atomic mass is 16.4. The fourth-order valence-corrected chi connectivity index (χ4v) is 2.47. The fraction of sp³-hybridized carbons (Fsp3) is 0.667. The molecule has 0 atom stereocenters. The number of aryl methyl sites for hydroxylation is 2. The van der Waals surface area contributed by atoms with Crippen molar-refractivity contribution < 1.29 is 9.21 Å². The first-order valence-electron chi connectivity index (χ1n) is 6.03. The van der Waals surface area contributed by atoms with Gasteiger partial charge in [0.05, 0.1) is 11.2 Å². The molecule has 0 aliphatic heterocycles. The van der Waals surface area contributed by atoms with Crippen LogP contribution in [0.25, 0.3) is 0 Å². The predicted octanol–water partition coefficient (Wildman–Crippen LogP) is 1.29. The van der Waals surface area contributed by atoms with Gasteiger partial charge in [0.25, 0.3) is 5.91 Å². The van der Waals surface area contributed by atoms with Gasteiger partial charge in [0.1, 0.15) is 0 Å². The maximum absolute atomic E-state index is 12.1. The van der Waals surface area contributed by atoms with Crippen molar-refractivity contribution in [1.29, 1.82) is 0 Å². The van der Waals surface area contributed by atoms with E-state index in [1.165, 1.54) is 0 Å². The number of nitrogens with one attached hydrogen (secondary N) is 1. The summed E-state index contributed by atoms with van der Waals surface area (Å²) in [5, 5.41) is 3.01. The number of hydrogen-bond donors (Lipinski definition) is 2. The van der Waals surface area contributed by atoms with Crippen LogP contribution < -0.4 is 11.1 Å². The third-order valence-corrected chi connectivity index (χ3v) is 3.44. The summed E-state index contributed by atoms with van der Waals surface area (Å²) >= 11 is 0. The second kappa shape index (κ2) is 4.49. The summed E-state index contributed by atoms with van der Waals surface area (Å²) in [5.41, 5.74) is 6.16. The van der Waals surface area contributed by atoms with Crippen molar-refractivity contribution in [1.82, 2.24) is 10.3 Å². The molecule has 1 fully saturated rings. The van der Waals surface area contributed by atoms with Gasteiger partial charge < -0.3 is 15.5 Å². The fourth-order valence-electron chi connectivity index (χ4n) is 2.47. The van der Waals surface area contributed by atoms with Crippen LogP contribution in [0.3, 0.4) is 0 Å². The molecule has 5 nitrogen and oxygen atoms in total. The third kappa shape index (κ3) is 2.34. The van der Waals surface area contributed by atoms with Gasteiger partial charge in [-0.05, 0) is 19.8 Å². The van der Waals surface area contributed by atoms with Crippen LogP contribution in [0.1, 0.15) is 47.8 Å². The molecule has 0 spiro atoms. The van der Waals surface area contributed by atoms with E-state index in [0.29, 0.717) is 23.9 Å². The standard InChI is InChI=1S/C12H19N3O2/c1-8-10(17-9(2)14-8)11(16)15-12(7-13)5-3-4-6-12/h3-7,13H2,1-2H3,(H,15,16). The Morgan fingerprint density at radius 3 is 2.59 bits per heavy atom. The van der Waals surface area contributed by atoms with Gasteiger partial charge in [0.15, 0.2) is 5.89 Å². The molecular weight excluding hydrogens is 218 g/mol. The van der Waals surface area contributed by atoms with Crippen molar-refractivity contribution in [2.75, 3.05) is 6.54 Å². The number of aromatic nitrogens is 1. The van der Waals surface area contributed by atoms with Crippen LogP contribution in [-0.4, -0.2) is 23.0 Å². The summed E-state index contributed by atoms with van der Waals surface area (Å²) in [7, 11) is 0. The van der Waals surface area contributed by atoms with Crippen LogP contribution in [0.2, 0.25) is 0 Å². The van der Waals surface area contributed by atoms with E-state index in [-0.39, 0.29) is 11.4 Å². The van der Waals surface area contributed by atoms with E-state index in [0.717, 1.165) is 25.7 Å². The first-order chi connectivity index (χ1) is 8.06. The zero-order valence-corrected chi connectivity index (χ0v) is 10.4. The summed E-state index contributed by atoms with van der Waals surface area (Å²) < 4.78 is 5.31. The predicted molar refractivity (Wildman–Crippen MR) is 63.7 cm³/mol.